The molecule has 0 spiro atoms. The van der Waals surface area contributed by atoms with Crippen LogP contribution < -0.4 is 11.3 Å². The van der Waals surface area contributed by atoms with Gasteiger partial charge in [0.1, 0.15) is 0 Å². The van der Waals surface area contributed by atoms with Crippen molar-refractivity contribution in [3.8, 4) is 0 Å². The molecule has 0 aliphatic carbocycles. The van der Waals surface area contributed by atoms with Crippen molar-refractivity contribution in [3.63, 3.8) is 0 Å². The average Bonchev–Trinajstić information content (AvgIpc) is 2.15. The third-order valence-electron chi connectivity index (χ3n) is 1.87. The van der Waals surface area contributed by atoms with Crippen molar-refractivity contribution in [1.82, 2.24) is 5.43 Å². The van der Waals surface area contributed by atoms with Gasteiger partial charge in [-0.05, 0) is 17.7 Å². The molecule has 78 valence electrons. The van der Waals surface area contributed by atoms with Gasteiger partial charge in [0.05, 0.1) is 12.6 Å². The van der Waals surface area contributed by atoms with E-state index in [1.807, 2.05) is 6.07 Å². The second-order valence-electron chi connectivity index (χ2n) is 2.84. The summed E-state index contributed by atoms with van der Waals surface area (Å²) < 4.78 is 5.00. The molecule has 1 unspecified atom stereocenters. The zero-order chi connectivity index (χ0) is 10.6. The molecule has 0 bridgehead atoms. The fourth-order valence-corrected chi connectivity index (χ4v) is 1.72. The van der Waals surface area contributed by atoms with Crippen LogP contribution in [0.2, 0.25) is 10.0 Å². The summed E-state index contributed by atoms with van der Waals surface area (Å²) in [6, 6.07) is 5.15. The summed E-state index contributed by atoms with van der Waals surface area (Å²) >= 11 is 11.8. The largest absolute Gasteiger partial charge is 0.383 e. The number of rotatable bonds is 4. The van der Waals surface area contributed by atoms with Gasteiger partial charge in [0.25, 0.3) is 0 Å². The summed E-state index contributed by atoms with van der Waals surface area (Å²) in [5.74, 6) is 5.38. The monoisotopic (exact) mass is 234 g/mol. The van der Waals surface area contributed by atoms with Crippen molar-refractivity contribution in [2.75, 3.05) is 13.7 Å². The molecule has 0 saturated heterocycles. The van der Waals surface area contributed by atoms with Crippen molar-refractivity contribution < 1.29 is 4.74 Å². The normalized spacial score (nSPS) is 12.9. The summed E-state index contributed by atoms with van der Waals surface area (Å²) in [7, 11) is 1.61. The van der Waals surface area contributed by atoms with Crippen molar-refractivity contribution in [2.45, 2.75) is 6.04 Å². The molecule has 0 saturated carbocycles. The molecule has 1 atom stereocenters. The van der Waals surface area contributed by atoms with Gasteiger partial charge in [0.15, 0.2) is 0 Å². The van der Waals surface area contributed by atoms with E-state index in [-0.39, 0.29) is 6.04 Å². The van der Waals surface area contributed by atoms with Crippen LogP contribution >= 0.6 is 23.2 Å². The minimum absolute atomic E-state index is 0.121. The number of hydrazine groups is 1. The summed E-state index contributed by atoms with van der Waals surface area (Å²) in [5.41, 5.74) is 3.50. The molecule has 1 aromatic rings. The van der Waals surface area contributed by atoms with Gasteiger partial charge in [-0.25, -0.2) is 0 Å². The first-order chi connectivity index (χ1) is 6.69. The number of nitrogens with one attached hydrogen (secondary N) is 1. The second kappa shape index (κ2) is 5.53. The molecule has 5 heteroatoms. The molecule has 1 rings (SSSR count). The molecule has 0 aromatic heterocycles. The number of hydrogen-bond acceptors (Lipinski definition) is 3. The Morgan fingerprint density at radius 1 is 1.50 bits per heavy atom. The van der Waals surface area contributed by atoms with E-state index in [2.05, 4.69) is 5.43 Å². The minimum Gasteiger partial charge on any atom is -0.383 e. The van der Waals surface area contributed by atoms with Crippen LogP contribution in [0.5, 0.6) is 0 Å². The topological polar surface area (TPSA) is 47.3 Å². The van der Waals surface area contributed by atoms with Crippen LogP contribution in [-0.4, -0.2) is 13.7 Å². The highest BCUT2D eigenvalue weighted by Crippen LogP contribution is 2.25. The van der Waals surface area contributed by atoms with Crippen LogP contribution in [0.25, 0.3) is 0 Å². The summed E-state index contributed by atoms with van der Waals surface area (Å²) in [6.07, 6.45) is 0. The number of ether oxygens (including phenoxy) is 1. The molecule has 1 aromatic carbocycles. The highest BCUT2D eigenvalue weighted by molar-refractivity contribution is 6.35. The van der Waals surface area contributed by atoms with Crippen LogP contribution in [0.15, 0.2) is 18.2 Å². The smallest absolute Gasteiger partial charge is 0.0708 e. The number of methoxy groups -OCH3 is 1. The molecule has 3 nitrogen and oxygen atoms in total. The molecular weight excluding hydrogens is 223 g/mol. The first-order valence-corrected chi connectivity index (χ1v) is 4.84. The Kier molecular flexibility index (Phi) is 4.65. The highest BCUT2D eigenvalue weighted by atomic mass is 35.5. The van der Waals surface area contributed by atoms with Gasteiger partial charge >= 0.3 is 0 Å². The van der Waals surface area contributed by atoms with E-state index in [9.17, 15) is 0 Å². The van der Waals surface area contributed by atoms with Crippen molar-refractivity contribution >= 4 is 23.2 Å². The molecule has 0 fully saturated rings. The standard InChI is InChI=1S/C9H12Cl2N2O/c1-14-5-9(13-12)7-3-2-6(10)4-8(7)11/h2-4,9,13H,5,12H2,1H3. The van der Waals surface area contributed by atoms with Crippen LogP contribution in [0, 0.1) is 0 Å². The van der Waals surface area contributed by atoms with E-state index in [1.165, 1.54) is 0 Å². The molecule has 0 heterocycles. The fourth-order valence-electron chi connectivity index (χ4n) is 1.18. The van der Waals surface area contributed by atoms with E-state index in [1.54, 1.807) is 19.2 Å². The molecule has 3 N–H and O–H groups in total. The van der Waals surface area contributed by atoms with Crippen LogP contribution in [0.4, 0.5) is 0 Å². The second-order valence-corrected chi connectivity index (χ2v) is 3.68. The highest BCUT2D eigenvalue weighted by Gasteiger charge is 2.12. The Balaban J connectivity index is 2.92. The Morgan fingerprint density at radius 2 is 2.21 bits per heavy atom. The lowest BCUT2D eigenvalue weighted by Crippen LogP contribution is -2.31. The van der Waals surface area contributed by atoms with Gasteiger partial charge < -0.3 is 4.74 Å². The summed E-state index contributed by atoms with van der Waals surface area (Å²) in [6.45, 7) is 0.456. The van der Waals surface area contributed by atoms with E-state index < -0.39 is 0 Å². The van der Waals surface area contributed by atoms with E-state index in [4.69, 9.17) is 33.8 Å². The Morgan fingerprint density at radius 3 is 2.71 bits per heavy atom. The van der Waals surface area contributed by atoms with Crippen molar-refractivity contribution in [3.05, 3.63) is 33.8 Å². The predicted octanol–water partition coefficient (Wildman–Crippen LogP) is 2.14. The zero-order valence-corrected chi connectivity index (χ0v) is 9.27. The molecular formula is C9H12Cl2N2O. The maximum absolute atomic E-state index is 6.00. The first kappa shape index (κ1) is 11.8. The summed E-state index contributed by atoms with van der Waals surface area (Å²) in [5, 5.41) is 1.18. The van der Waals surface area contributed by atoms with Crippen molar-refractivity contribution in [1.29, 1.82) is 0 Å². The van der Waals surface area contributed by atoms with Gasteiger partial charge in [-0.2, -0.15) is 0 Å². The van der Waals surface area contributed by atoms with Gasteiger partial charge in [-0.15, -0.1) is 0 Å². The number of halogens is 2. The maximum Gasteiger partial charge on any atom is 0.0708 e. The van der Waals surface area contributed by atoms with Crippen LogP contribution in [-0.2, 0) is 4.74 Å². The molecule has 0 amide bonds. The third-order valence-corrected chi connectivity index (χ3v) is 2.43. The van der Waals surface area contributed by atoms with Crippen LogP contribution in [0.3, 0.4) is 0 Å². The lowest BCUT2D eigenvalue weighted by molar-refractivity contribution is 0.167. The lowest BCUT2D eigenvalue weighted by Gasteiger charge is -2.16. The van der Waals surface area contributed by atoms with Crippen molar-refractivity contribution in [2.24, 2.45) is 5.84 Å². The van der Waals surface area contributed by atoms with E-state index in [0.717, 1.165) is 5.56 Å². The predicted molar refractivity (Wildman–Crippen MR) is 58.4 cm³/mol. The molecule has 0 aliphatic rings. The van der Waals surface area contributed by atoms with Crippen LogP contribution in [0.1, 0.15) is 11.6 Å². The summed E-state index contributed by atoms with van der Waals surface area (Å²) in [4.78, 5) is 0. The van der Waals surface area contributed by atoms with Gasteiger partial charge in [0, 0.05) is 17.2 Å². The molecule has 0 aliphatic heterocycles. The Labute approximate surface area is 93.1 Å². The Bertz CT molecular complexity index is 307. The first-order valence-electron chi connectivity index (χ1n) is 4.09. The molecule has 0 radical (unpaired) electrons. The van der Waals surface area contributed by atoms with E-state index in [0.29, 0.717) is 16.7 Å². The SMILES string of the molecule is COCC(NN)c1ccc(Cl)cc1Cl. The average molecular weight is 235 g/mol. The third kappa shape index (κ3) is 2.83. The van der Waals surface area contributed by atoms with Gasteiger partial charge in [-0.3, -0.25) is 11.3 Å². The zero-order valence-electron chi connectivity index (χ0n) is 7.76. The fraction of sp³-hybridized carbons (Fsp3) is 0.333. The van der Waals surface area contributed by atoms with Gasteiger partial charge in [-0.1, -0.05) is 29.3 Å². The number of nitrogens with two attached hydrogens (primary N) is 1. The maximum atomic E-state index is 6.00. The number of hydrogen-bond donors (Lipinski definition) is 2. The van der Waals surface area contributed by atoms with Gasteiger partial charge in [0.2, 0.25) is 0 Å². The Hall–Kier alpha value is -0.320. The minimum atomic E-state index is -0.121. The quantitative estimate of drug-likeness (QED) is 0.620. The molecule has 14 heavy (non-hydrogen) atoms. The lowest BCUT2D eigenvalue weighted by atomic mass is 10.1. The van der Waals surface area contributed by atoms with E-state index >= 15 is 0 Å². The number of benzene rings is 1.